The number of rotatable bonds is 2. The van der Waals surface area contributed by atoms with E-state index >= 15 is 0 Å². The molecule has 0 N–H and O–H groups in total. The molecule has 3 nitrogen and oxygen atoms in total. The molecule has 19 heavy (non-hydrogen) atoms. The highest BCUT2D eigenvalue weighted by molar-refractivity contribution is 9.10. The summed E-state index contributed by atoms with van der Waals surface area (Å²) in [6.07, 6.45) is 2.39. The van der Waals surface area contributed by atoms with Gasteiger partial charge in [0.1, 0.15) is 0 Å². The van der Waals surface area contributed by atoms with Gasteiger partial charge in [0.05, 0.1) is 19.8 Å². The molecule has 2 rings (SSSR count). The Morgan fingerprint density at radius 3 is 2.53 bits per heavy atom. The Kier molecular flexibility index (Phi) is 3.90. The first-order valence-corrected chi connectivity index (χ1v) is 7.15. The second-order valence-corrected chi connectivity index (χ2v) is 6.57. The molecule has 0 amide bonds. The van der Waals surface area contributed by atoms with Gasteiger partial charge in [0.25, 0.3) is 0 Å². The van der Waals surface area contributed by atoms with E-state index < -0.39 is 0 Å². The third kappa shape index (κ3) is 2.64. The Hall–Kier alpha value is -1.03. The van der Waals surface area contributed by atoms with Crippen molar-refractivity contribution in [1.82, 2.24) is 0 Å². The molecular weight excluding hydrogens is 308 g/mol. The van der Waals surface area contributed by atoms with Crippen molar-refractivity contribution in [1.29, 1.82) is 0 Å². The number of Topliss-reactive ketones (excluding diaryl/α,β-unsaturated/α-hetero) is 1. The SMILES string of the molecule is COc1cc(Br)c2c(c1OC)C(=O)CC(C)(C)CC2. The molecule has 0 radical (unpaired) electrons. The van der Waals surface area contributed by atoms with E-state index in [0.29, 0.717) is 23.5 Å². The lowest BCUT2D eigenvalue weighted by molar-refractivity contribution is 0.0931. The van der Waals surface area contributed by atoms with Crippen LogP contribution in [0, 0.1) is 5.41 Å². The van der Waals surface area contributed by atoms with Crippen LogP contribution in [-0.2, 0) is 6.42 Å². The van der Waals surface area contributed by atoms with Crippen molar-refractivity contribution in [3.63, 3.8) is 0 Å². The lowest BCUT2D eigenvalue weighted by Crippen LogP contribution is -2.15. The van der Waals surface area contributed by atoms with E-state index in [0.717, 1.165) is 22.9 Å². The molecule has 0 spiro atoms. The largest absolute Gasteiger partial charge is 0.493 e. The molecule has 4 heteroatoms. The number of halogens is 1. The zero-order valence-corrected chi connectivity index (χ0v) is 13.4. The molecule has 0 aromatic heterocycles. The number of carbonyl (C=O) groups is 1. The van der Waals surface area contributed by atoms with Crippen LogP contribution in [-0.4, -0.2) is 20.0 Å². The summed E-state index contributed by atoms with van der Waals surface area (Å²) in [5.41, 5.74) is 1.74. The van der Waals surface area contributed by atoms with E-state index in [1.165, 1.54) is 0 Å². The van der Waals surface area contributed by atoms with Gasteiger partial charge in [-0.25, -0.2) is 0 Å². The molecule has 0 saturated carbocycles. The summed E-state index contributed by atoms with van der Waals surface area (Å²) in [6.45, 7) is 4.27. The number of hydrogen-bond acceptors (Lipinski definition) is 3. The molecule has 0 bridgehead atoms. The first-order chi connectivity index (χ1) is 8.89. The summed E-state index contributed by atoms with van der Waals surface area (Å²) in [5, 5.41) is 0. The van der Waals surface area contributed by atoms with E-state index in [9.17, 15) is 4.79 Å². The fraction of sp³-hybridized carbons (Fsp3) is 0.533. The Bertz CT molecular complexity index is 521. The standard InChI is InChI=1S/C15H19BrO3/c1-15(2)6-5-9-10(16)7-12(18-3)14(19-4)13(9)11(17)8-15/h7H,5-6,8H2,1-4H3. The zero-order valence-electron chi connectivity index (χ0n) is 11.8. The smallest absolute Gasteiger partial charge is 0.171 e. The van der Waals surface area contributed by atoms with Crippen molar-refractivity contribution in [3.8, 4) is 11.5 Å². The minimum atomic E-state index is 0.0216. The van der Waals surface area contributed by atoms with Gasteiger partial charge in [0, 0.05) is 10.9 Å². The van der Waals surface area contributed by atoms with Crippen molar-refractivity contribution in [2.45, 2.75) is 33.1 Å². The minimum Gasteiger partial charge on any atom is -0.493 e. The minimum absolute atomic E-state index is 0.0216. The molecule has 1 aromatic rings. The number of methoxy groups -OCH3 is 2. The summed E-state index contributed by atoms with van der Waals surface area (Å²) < 4.78 is 11.7. The van der Waals surface area contributed by atoms with Crippen molar-refractivity contribution in [2.75, 3.05) is 14.2 Å². The third-order valence-corrected chi connectivity index (χ3v) is 4.40. The monoisotopic (exact) mass is 326 g/mol. The maximum Gasteiger partial charge on any atom is 0.171 e. The van der Waals surface area contributed by atoms with Gasteiger partial charge in [-0.2, -0.15) is 0 Å². The normalized spacial score (nSPS) is 17.6. The molecule has 0 unspecified atom stereocenters. The van der Waals surface area contributed by atoms with Crippen molar-refractivity contribution in [3.05, 3.63) is 21.7 Å². The molecule has 0 aliphatic heterocycles. The van der Waals surface area contributed by atoms with Gasteiger partial charge < -0.3 is 9.47 Å². The average Bonchev–Trinajstić information content (AvgIpc) is 2.46. The van der Waals surface area contributed by atoms with Crippen LogP contribution in [0.4, 0.5) is 0 Å². The highest BCUT2D eigenvalue weighted by Gasteiger charge is 2.32. The summed E-state index contributed by atoms with van der Waals surface area (Å²) in [5.74, 6) is 1.29. The van der Waals surface area contributed by atoms with Gasteiger partial charge in [-0.15, -0.1) is 0 Å². The second kappa shape index (κ2) is 5.16. The topological polar surface area (TPSA) is 35.5 Å². The Morgan fingerprint density at radius 1 is 1.26 bits per heavy atom. The number of benzene rings is 1. The number of ketones is 1. The van der Waals surface area contributed by atoms with Gasteiger partial charge in [0.2, 0.25) is 0 Å². The lowest BCUT2D eigenvalue weighted by Gasteiger charge is -2.20. The molecular formula is C15H19BrO3. The van der Waals surface area contributed by atoms with Gasteiger partial charge in [-0.1, -0.05) is 29.8 Å². The molecule has 1 aliphatic carbocycles. The summed E-state index contributed by atoms with van der Waals surface area (Å²) in [4.78, 5) is 12.6. The molecule has 1 aliphatic rings. The van der Waals surface area contributed by atoms with Crippen molar-refractivity contribution < 1.29 is 14.3 Å². The molecule has 0 saturated heterocycles. The number of hydrogen-bond donors (Lipinski definition) is 0. The van der Waals surface area contributed by atoms with Gasteiger partial charge in [-0.3, -0.25) is 4.79 Å². The fourth-order valence-corrected chi connectivity index (χ4v) is 3.22. The zero-order chi connectivity index (χ0) is 14.2. The van der Waals surface area contributed by atoms with E-state index in [2.05, 4.69) is 29.8 Å². The summed E-state index contributed by atoms with van der Waals surface area (Å²) >= 11 is 3.55. The predicted molar refractivity (Wildman–Crippen MR) is 78.3 cm³/mol. The fourth-order valence-electron chi connectivity index (χ4n) is 2.62. The van der Waals surface area contributed by atoms with Gasteiger partial charge >= 0.3 is 0 Å². The molecule has 0 fully saturated rings. The highest BCUT2D eigenvalue weighted by atomic mass is 79.9. The van der Waals surface area contributed by atoms with Gasteiger partial charge in [0.15, 0.2) is 17.3 Å². The van der Waals surface area contributed by atoms with Gasteiger partial charge in [-0.05, 0) is 29.9 Å². The first kappa shape index (κ1) is 14.4. The van der Waals surface area contributed by atoms with E-state index in [4.69, 9.17) is 9.47 Å². The van der Waals surface area contributed by atoms with Crippen LogP contribution in [0.1, 0.15) is 42.6 Å². The van der Waals surface area contributed by atoms with Crippen LogP contribution in [0.15, 0.2) is 10.5 Å². The molecule has 1 aromatic carbocycles. The molecule has 0 atom stereocenters. The van der Waals surface area contributed by atoms with Crippen LogP contribution in [0.2, 0.25) is 0 Å². The second-order valence-electron chi connectivity index (χ2n) is 5.71. The van der Waals surface area contributed by atoms with Crippen LogP contribution in [0.25, 0.3) is 0 Å². The summed E-state index contributed by atoms with van der Waals surface area (Å²) in [7, 11) is 3.16. The first-order valence-electron chi connectivity index (χ1n) is 6.36. The number of ether oxygens (including phenoxy) is 2. The Morgan fingerprint density at radius 2 is 1.95 bits per heavy atom. The molecule has 0 heterocycles. The Balaban J connectivity index is 2.66. The van der Waals surface area contributed by atoms with Crippen LogP contribution < -0.4 is 9.47 Å². The van der Waals surface area contributed by atoms with E-state index in [-0.39, 0.29) is 11.2 Å². The van der Waals surface area contributed by atoms with E-state index in [1.54, 1.807) is 14.2 Å². The van der Waals surface area contributed by atoms with Crippen molar-refractivity contribution >= 4 is 21.7 Å². The summed E-state index contributed by atoms with van der Waals surface area (Å²) in [6, 6.07) is 1.88. The molecule has 104 valence electrons. The average molecular weight is 327 g/mol. The van der Waals surface area contributed by atoms with E-state index in [1.807, 2.05) is 6.07 Å². The number of fused-ring (bicyclic) bond motifs is 1. The maximum atomic E-state index is 12.6. The van der Waals surface area contributed by atoms with Crippen LogP contribution in [0.3, 0.4) is 0 Å². The predicted octanol–water partition coefficient (Wildman–Crippen LogP) is 4.01. The van der Waals surface area contributed by atoms with Crippen LogP contribution in [0.5, 0.6) is 11.5 Å². The van der Waals surface area contributed by atoms with Crippen LogP contribution >= 0.6 is 15.9 Å². The third-order valence-electron chi connectivity index (χ3n) is 3.69. The highest BCUT2D eigenvalue weighted by Crippen LogP contribution is 2.44. The van der Waals surface area contributed by atoms with Crippen molar-refractivity contribution in [2.24, 2.45) is 5.41 Å². The lowest BCUT2D eigenvalue weighted by atomic mass is 9.84. The Labute approximate surface area is 122 Å². The number of carbonyl (C=O) groups excluding carboxylic acids is 1. The maximum absolute atomic E-state index is 12.6. The quantitative estimate of drug-likeness (QED) is 0.770.